The topological polar surface area (TPSA) is 143 Å². The first-order valence-electron chi connectivity index (χ1n) is 10.4. The molecule has 168 valence electrons. The SMILES string of the molecule is NC(=O)c1cc(N2CCCC2C(N)=O)nc(-c2ccc(Oc3ccc4c(c3)OCO4)cc2)n1. The largest absolute Gasteiger partial charge is 0.457 e. The number of rotatable bonds is 6. The second kappa shape index (κ2) is 8.30. The molecule has 2 aromatic carbocycles. The van der Waals surface area contributed by atoms with Crippen LogP contribution in [0.5, 0.6) is 23.0 Å². The second-order valence-electron chi connectivity index (χ2n) is 7.69. The first-order chi connectivity index (χ1) is 16.0. The van der Waals surface area contributed by atoms with Crippen molar-refractivity contribution in [3.63, 3.8) is 0 Å². The quantitative estimate of drug-likeness (QED) is 0.585. The molecular formula is C23H21N5O5. The molecule has 5 rings (SSSR count). The summed E-state index contributed by atoms with van der Waals surface area (Å²) < 4.78 is 16.6. The van der Waals surface area contributed by atoms with Gasteiger partial charge in [-0.1, -0.05) is 0 Å². The average molecular weight is 447 g/mol. The van der Waals surface area contributed by atoms with Crippen molar-refractivity contribution >= 4 is 17.6 Å². The highest BCUT2D eigenvalue weighted by Crippen LogP contribution is 2.37. The van der Waals surface area contributed by atoms with E-state index in [0.29, 0.717) is 53.2 Å². The standard InChI is InChI=1S/C23H21N5O5/c24-21(29)16-11-20(28-9-1-2-17(28)22(25)30)27-23(26-16)13-3-5-14(6-4-13)33-15-7-8-18-19(10-15)32-12-31-18/h3-8,10-11,17H,1-2,9,12H2,(H2,24,29)(H2,25,30). The molecular weight excluding hydrogens is 426 g/mol. The van der Waals surface area contributed by atoms with Gasteiger partial charge in [0.1, 0.15) is 29.1 Å². The Morgan fingerprint density at radius 2 is 1.73 bits per heavy atom. The van der Waals surface area contributed by atoms with Crippen molar-refractivity contribution in [3.05, 3.63) is 54.2 Å². The molecule has 0 aliphatic carbocycles. The van der Waals surface area contributed by atoms with Gasteiger partial charge < -0.3 is 30.6 Å². The van der Waals surface area contributed by atoms with Crippen LogP contribution in [-0.2, 0) is 4.79 Å². The molecule has 33 heavy (non-hydrogen) atoms. The highest BCUT2D eigenvalue weighted by Gasteiger charge is 2.31. The molecule has 2 aliphatic heterocycles. The van der Waals surface area contributed by atoms with Gasteiger partial charge in [0.2, 0.25) is 12.7 Å². The molecule has 0 bridgehead atoms. The van der Waals surface area contributed by atoms with Crippen LogP contribution in [0.25, 0.3) is 11.4 Å². The van der Waals surface area contributed by atoms with E-state index in [9.17, 15) is 9.59 Å². The normalized spacial score (nSPS) is 16.6. The summed E-state index contributed by atoms with van der Waals surface area (Å²) in [5.41, 5.74) is 11.8. The Hall–Kier alpha value is -4.34. The van der Waals surface area contributed by atoms with Gasteiger partial charge in [0, 0.05) is 24.2 Å². The van der Waals surface area contributed by atoms with Gasteiger partial charge in [0.25, 0.3) is 5.91 Å². The number of nitrogens with two attached hydrogens (primary N) is 2. The van der Waals surface area contributed by atoms with Gasteiger partial charge in [0.15, 0.2) is 17.3 Å². The minimum absolute atomic E-state index is 0.0609. The molecule has 3 aromatic rings. The maximum atomic E-state index is 11.9. The van der Waals surface area contributed by atoms with Gasteiger partial charge in [-0.05, 0) is 49.2 Å². The summed E-state index contributed by atoms with van der Waals surface area (Å²) >= 11 is 0. The predicted molar refractivity (Wildman–Crippen MR) is 118 cm³/mol. The monoisotopic (exact) mass is 447 g/mol. The molecule has 0 radical (unpaired) electrons. The fraction of sp³-hybridized carbons (Fsp3) is 0.217. The summed E-state index contributed by atoms with van der Waals surface area (Å²) in [5.74, 6) is 2.14. The second-order valence-corrected chi connectivity index (χ2v) is 7.69. The number of anilines is 1. The van der Waals surface area contributed by atoms with E-state index in [0.717, 1.165) is 6.42 Å². The fourth-order valence-electron chi connectivity index (χ4n) is 3.92. The zero-order valence-corrected chi connectivity index (χ0v) is 17.6. The summed E-state index contributed by atoms with van der Waals surface area (Å²) in [6.07, 6.45) is 1.43. The molecule has 1 saturated heterocycles. The molecule has 1 atom stereocenters. The van der Waals surface area contributed by atoms with E-state index < -0.39 is 17.9 Å². The molecule has 4 N–H and O–H groups in total. The van der Waals surface area contributed by atoms with Crippen molar-refractivity contribution in [2.75, 3.05) is 18.2 Å². The number of carbonyl (C=O) groups is 2. The molecule has 10 nitrogen and oxygen atoms in total. The molecule has 2 aliphatic rings. The van der Waals surface area contributed by atoms with Crippen molar-refractivity contribution in [2.24, 2.45) is 11.5 Å². The Morgan fingerprint density at radius 1 is 0.970 bits per heavy atom. The third kappa shape index (κ3) is 4.10. The lowest BCUT2D eigenvalue weighted by Gasteiger charge is -2.23. The van der Waals surface area contributed by atoms with Crippen LogP contribution in [0, 0.1) is 0 Å². The van der Waals surface area contributed by atoms with Gasteiger partial charge in [-0.2, -0.15) is 0 Å². The first-order valence-corrected chi connectivity index (χ1v) is 10.4. The van der Waals surface area contributed by atoms with Gasteiger partial charge in [0.05, 0.1) is 0 Å². The lowest BCUT2D eigenvalue weighted by Crippen LogP contribution is -2.41. The fourth-order valence-corrected chi connectivity index (χ4v) is 3.92. The number of fused-ring (bicyclic) bond motifs is 1. The maximum Gasteiger partial charge on any atom is 0.267 e. The lowest BCUT2D eigenvalue weighted by atomic mass is 10.2. The van der Waals surface area contributed by atoms with Crippen LogP contribution in [0.4, 0.5) is 5.82 Å². The highest BCUT2D eigenvalue weighted by atomic mass is 16.7. The van der Waals surface area contributed by atoms with Crippen LogP contribution in [0.1, 0.15) is 23.3 Å². The summed E-state index contributed by atoms with van der Waals surface area (Å²) in [4.78, 5) is 34.4. The third-order valence-electron chi connectivity index (χ3n) is 5.53. The maximum absolute atomic E-state index is 11.9. The molecule has 1 aromatic heterocycles. The molecule has 10 heteroatoms. The van der Waals surface area contributed by atoms with Crippen molar-refractivity contribution in [1.29, 1.82) is 0 Å². The van der Waals surface area contributed by atoms with E-state index in [1.165, 1.54) is 6.07 Å². The molecule has 0 spiro atoms. The van der Waals surface area contributed by atoms with Gasteiger partial charge in [-0.25, -0.2) is 9.97 Å². The number of benzene rings is 2. The van der Waals surface area contributed by atoms with Crippen molar-refractivity contribution in [3.8, 4) is 34.4 Å². The predicted octanol–water partition coefficient (Wildman–Crippen LogP) is 2.22. The van der Waals surface area contributed by atoms with Crippen LogP contribution in [0.2, 0.25) is 0 Å². The van der Waals surface area contributed by atoms with E-state index in [2.05, 4.69) is 9.97 Å². The van der Waals surface area contributed by atoms with Crippen molar-refractivity contribution < 1.29 is 23.8 Å². The molecule has 1 fully saturated rings. The van der Waals surface area contributed by atoms with Crippen LogP contribution in [0.15, 0.2) is 48.5 Å². The van der Waals surface area contributed by atoms with E-state index in [4.69, 9.17) is 25.7 Å². The van der Waals surface area contributed by atoms with Gasteiger partial charge in [-0.15, -0.1) is 0 Å². The lowest BCUT2D eigenvalue weighted by molar-refractivity contribution is -0.119. The van der Waals surface area contributed by atoms with Gasteiger partial charge in [-0.3, -0.25) is 9.59 Å². The van der Waals surface area contributed by atoms with Crippen molar-refractivity contribution in [2.45, 2.75) is 18.9 Å². The smallest absolute Gasteiger partial charge is 0.267 e. The summed E-state index contributed by atoms with van der Waals surface area (Å²) in [6, 6.07) is 13.4. The van der Waals surface area contributed by atoms with Crippen LogP contribution < -0.4 is 30.6 Å². The van der Waals surface area contributed by atoms with Crippen LogP contribution in [-0.4, -0.2) is 41.2 Å². The minimum atomic E-state index is -0.683. The molecule has 3 heterocycles. The zero-order valence-electron chi connectivity index (χ0n) is 17.6. The number of amides is 2. The van der Waals surface area contributed by atoms with Crippen LogP contribution in [0.3, 0.4) is 0 Å². The van der Waals surface area contributed by atoms with Gasteiger partial charge >= 0.3 is 0 Å². The zero-order chi connectivity index (χ0) is 22.9. The third-order valence-corrected chi connectivity index (χ3v) is 5.53. The molecule has 0 saturated carbocycles. The summed E-state index contributed by atoms with van der Waals surface area (Å²) in [6.45, 7) is 0.794. The van der Waals surface area contributed by atoms with E-state index in [-0.39, 0.29) is 12.5 Å². The number of carbonyl (C=O) groups excluding carboxylic acids is 2. The number of ether oxygens (including phenoxy) is 3. The summed E-state index contributed by atoms with van der Waals surface area (Å²) in [5, 5.41) is 0. The van der Waals surface area contributed by atoms with E-state index in [1.807, 2.05) is 0 Å². The number of aromatic nitrogens is 2. The Kier molecular flexibility index (Phi) is 5.17. The summed E-state index contributed by atoms with van der Waals surface area (Å²) in [7, 11) is 0. The van der Waals surface area contributed by atoms with E-state index in [1.54, 1.807) is 47.4 Å². The number of hydrogen-bond acceptors (Lipinski definition) is 8. The highest BCUT2D eigenvalue weighted by molar-refractivity contribution is 5.92. The Balaban J connectivity index is 1.42. The minimum Gasteiger partial charge on any atom is -0.457 e. The van der Waals surface area contributed by atoms with Crippen LogP contribution >= 0.6 is 0 Å². The first kappa shape index (κ1) is 20.6. The number of primary amides is 2. The van der Waals surface area contributed by atoms with Crippen molar-refractivity contribution in [1.82, 2.24) is 9.97 Å². The Bertz CT molecular complexity index is 1230. The number of hydrogen-bond donors (Lipinski definition) is 2. The number of nitrogens with zero attached hydrogens (tertiary/aromatic N) is 3. The Morgan fingerprint density at radius 3 is 2.48 bits per heavy atom. The molecule has 2 amide bonds. The van der Waals surface area contributed by atoms with E-state index >= 15 is 0 Å². The average Bonchev–Trinajstić information content (AvgIpc) is 3.49. The molecule has 1 unspecified atom stereocenters. The Labute approximate surface area is 189 Å².